The molecule has 0 spiro atoms. The molecule has 4 aromatic rings. The second-order valence-corrected chi connectivity index (χ2v) is 7.56. The molecular weight excluding hydrogens is 380 g/mol. The normalized spacial score (nSPS) is 15.1. The smallest absolute Gasteiger partial charge is 0.251 e. The number of fused-ring (bicyclic) bond motifs is 3. The van der Waals surface area contributed by atoms with Gasteiger partial charge in [0, 0.05) is 67.5 Å². The summed E-state index contributed by atoms with van der Waals surface area (Å²) in [6.45, 7) is 4.81. The number of aromatic nitrogens is 4. The van der Waals surface area contributed by atoms with Crippen LogP contribution in [0.4, 0.5) is 0 Å². The van der Waals surface area contributed by atoms with Gasteiger partial charge in [-0.15, -0.1) is 0 Å². The van der Waals surface area contributed by atoms with Crippen LogP contribution >= 0.6 is 0 Å². The fourth-order valence-corrected chi connectivity index (χ4v) is 3.96. The molecular formula is C22H24N6O2. The number of ether oxygens (including phenoxy) is 1. The van der Waals surface area contributed by atoms with Gasteiger partial charge in [0.25, 0.3) is 5.91 Å². The molecule has 0 bridgehead atoms. The van der Waals surface area contributed by atoms with Crippen molar-refractivity contribution in [2.24, 2.45) is 7.05 Å². The van der Waals surface area contributed by atoms with Crippen LogP contribution in [0.15, 0.2) is 42.7 Å². The van der Waals surface area contributed by atoms with Crippen molar-refractivity contribution in [1.29, 1.82) is 0 Å². The lowest BCUT2D eigenvalue weighted by molar-refractivity contribution is 0.0383. The summed E-state index contributed by atoms with van der Waals surface area (Å²) in [7, 11) is 1.97. The van der Waals surface area contributed by atoms with Crippen molar-refractivity contribution in [2.45, 2.75) is 0 Å². The number of nitrogens with one attached hydrogen (secondary N) is 2. The summed E-state index contributed by atoms with van der Waals surface area (Å²) >= 11 is 0. The molecule has 154 valence electrons. The van der Waals surface area contributed by atoms with Gasteiger partial charge in [0.05, 0.1) is 24.4 Å². The van der Waals surface area contributed by atoms with E-state index in [0.717, 1.165) is 60.4 Å². The Hall–Kier alpha value is -3.23. The maximum Gasteiger partial charge on any atom is 0.251 e. The van der Waals surface area contributed by atoms with Crippen molar-refractivity contribution in [2.75, 3.05) is 39.4 Å². The van der Waals surface area contributed by atoms with Crippen molar-refractivity contribution in [3.63, 3.8) is 0 Å². The van der Waals surface area contributed by atoms with E-state index in [1.165, 1.54) is 0 Å². The summed E-state index contributed by atoms with van der Waals surface area (Å²) in [6, 6.07) is 9.62. The number of aromatic amines is 1. The van der Waals surface area contributed by atoms with Crippen LogP contribution in [0.2, 0.25) is 0 Å². The zero-order valence-electron chi connectivity index (χ0n) is 16.9. The van der Waals surface area contributed by atoms with Gasteiger partial charge >= 0.3 is 0 Å². The van der Waals surface area contributed by atoms with Crippen LogP contribution in [-0.4, -0.2) is 69.9 Å². The van der Waals surface area contributed by atoms with E-state index in [0.29, 0.717) is 17.8 Å². The summed E-state index contributed by atoms with van der Waals surface area (Å²) < 4.78 is 7.32. The number of nitrogens with zero attached hydrogens (tertiary/aromatic N) is 4. The lowest BCUT2D eigenvalue weighted by Crippen LogP contribution is -2.41. The number of aryl methyl sites for hydroxylation is 1. The maximum absolute atomic E-state index is 12.6. The fraction of sp³-hybridized carbons (Fsp3) is 0.318. The van der Waals surface area contributed by atoms with Crippen molar-refractivity contribution >= 4 is 27.8 Å². The van der Waals surface area contributed by atoms with Crippen LogP contribution in [0.3, 0.4) is 0 Å². The summed E-state index contributed by atoms with van der Waals surface area (Å²) in [5.74, 6) is -0.0706. The zero-order chi connectivity index (χ0) is 20.5. The van der Waals surface area contributed by atoms with Crippen molar-refractivity contribution in [3.05, 3.63) is 48.3 Å². The Labute approximate surface area is 173 Å². The highest BCUT2D eigenvalue weighted by Crippen LogP contribution is 2.28. The highest BCUT2D eigenvalue weighted by molar-refractivity contribution is 6.04. The number of pyridine rings is 1. The van der Waals surface area contributed by atoms with E-state index in [4.69, 9.17) is 4.74 Å². The number of carbonyl (C=O) groups is 1. The minimum Gasteiger partial charge on any atom is -0.379 e. The molecule has 8 heteroatoms. The molecule has 1 fully saturated rings. The quantitative estimate of drug-likeness (QED) is 0.532. The van der Waals surface area contributed by atoms with Gasteiger partial charge in [0.15, 0.2) is 5.65 Å². The molecule has 1 aliphatic rings. The first-order valence-corrected chi connectivity index (χ1v) is 10.2. The molecule has 0 aliphatic carbocycles. The average molecular weight is 404 g/mol. The van der Waals surface area contributed by atoms with Gasteiger partial charge < -0.3 is 15.2 Å². The summed E-state index contributed by atoms with van der Waals surface area (Å²) in [4.78, 5) is 24.1. The first-order chi connectivity index (χ1) is 14.7. The first kappa shape index (κ1) is 18.8. The number of benzene rings is 1. The average Bonchev–Trinajstić information content (AvgIpc) is 3.38. The van der Waals surface area contributed by atoms with Gasteiger partial charge in [-0.2, -0.15) is 0 Å². The van der Waals surface area contributed by atoms with Crippen molar-refractivity contribution in [3.8, 4) is 11.3 Å². The second-order valence-electron chi connectivity index (χ2n) is 7.56. The van der Waals surface area contributed by atoms with E-state index in [2.05, 4.69) is 25.3 Å². The predicted octanol–water partition coefficient (Wildman–Crippen LogP) is 2.18. The Balaban J connectivity index is 1.34. The van der Waals surface area contributed by atoms with E-state index in [-0.39, 0.29) is 5.91 Å². The van der Waals surface area contributed by atoms with Crippen LogP contribution in [0.25, 0.3) is 33.2 Å². The molecule has 1 amide bonds. The minimum absolute atomic E-state index is 0.0706. The molecule has 30 heavy (non-hydrogen) atoms. The van der Waals surface area contributed by atoms with Gasteiger partial charge in [0.2, 0.25) is 0 Å². The van der Waals surface area contributed by atoms with Crippen LogP contribution < -0.4 is 5.32 Å². The molecule has 4 heterocycles. The number of carbonyl (C=O) groups excluding carboxylic acids is 1. The minimum atomic E-state index is -0.0706. The number of morpholine rings is 1. The molecule has 0 atom stereocenters. The van der Waals surface area contributed by atoms with Gasteiger partial charge in [-0.3, -0.25) is 14.4 Å². The maximum atomic E-state index is 12.6. The molecule has 8 nitrogen and oxygen atoms in total. The third-order valence-electron chi connectivity index (χ3n) is 5.59. The van der Waals surface area contributed by atoms with Gasteiger partial charge in [0.1, 0.15) is 0 Å². The Morgan fingerprint density at radius 3 is 3.00 bits per heavy atom. The summed E-state index contributed by atoms with van der Waals surface area (Å²) in [5, 5.41) is 8.22. The molecule has 1 aromatic carbocycles. The van der Waals surface area contributed by atoms with E-state index in [1.807, 2.05) is 54.5 Å². The van der Waals surface area contributed by atoms with Crippen LogP contribution in [-0.2, 0) is 11.8 Å². The standard InChI is InChI=1S/C22H24N6O2/c1-27-20-17(14-25-27)13-24-21-18(20)12-19(26-21)15-3-2-4-16(11-15)22(29)23-5-6-28-7-9-30-10-8-28/h2-4,11-14,25H,5-10H2,1H3,(H,23,29). The van der Waals surface area contributed by atoms with E-state index < -0.39 is 0 Å². The fourth-order valence-electron chi connectivity index (χ4n) is 3.96. The Kier molecular flexibility index (Phi) is 4.94. The zero-order valence-corrected chi connectivity index (χ0v) is 16.9. The molecule has 0 radical (unpaired) electrons. The lowest BCUT2D eigenvalue weighted by atomic mass is 10.1. The molecule has 1 aliphatic heterocycles. The topological polar surface area (TPSA) is 88.1 Å². The predicted molar refractivity (Wildman–Crippen MR) is 115 cm³/mol. The molecule has 0 saturated carbocycles. The molecule has 0 unspecified atom stereocenters. The van der Waals surface area contributed by atoms with E-state index >= 15 is 0 Å². The molecule has 2 N–H and O–H groups in total. The van der Waals surface area contributed by atoms with Crippen LogP contribution in [0, 0.1) is 0 Å². The number of hydrogen-bond donors (Lipinski definition) is 2. The molecule has 3 aromatic heterocycles. The van der Waals surface area contributed by atoms with Gasteiger partial charge in [-0.1, -0.05) is 12.1 Å². The van der Waals surface area contributed by atoms with Crippen molar-refractivity contribution < 1.29 is 9.53 Å². The monoisotopic (exact) mass is 404 g/mol. The SMILES string of the molecule is Cn1[nH]cc2cnc3nc(-c4cccc(C(=O)NCCN5CCOCC5)c4)cc3c21. The van der Waals surface area contributed by atoms with Crippen molar-refractivity contribution in [1.82, 2.24) is 30.0 Å². The highest BCUT2D eigenvalue weighted by Gasteiger charge is 2.14. The third-order valence-corrected chi connectivity index (χ3v) is 5.59. The second kappa shape index (κ2) is 7.89. The number of hydrogen-bond acceptors (Lipinski definition) is 5. The third kappa shape index (κ3) is 3.55. The lowest BCUT2D eigenvalue weighted by Gasteiger charge is -2.26. The molecule has 5 rings (SSSR count). The number of rotatable bonds is 5. The Bertz CT molecular complexity index is 1210. The number of amides is 1. The summed E-state index contributed by atoms with van der Waals surface area (Å²) in [5.41, 5.74) is 4.12. The van der Waals surface area contributed by atoms with Gasteiger partial charge in [-0.05, 0) is 18.2 Å². The first-order valence-electron chi connectivity index (χ1n) is 10.2. The molecule has 1 saturated heterocycles. The number of H-pyrrole nitrogens is 1. The largest absolute Gasteiger partial charge is 0.379 e. The van der Waals surface area contributed by atoms with E-state index in [9.17, 15) is 4.79 Å². The van der Waals surface area contributed by atoms with E-state index in [1.54, 1.807) is 0 Å². The Morgan fingerprint density at radius 2 is 2.13 bits per heavy atom. The summed E-state index contributed by atoms with van der Waals surface area (Å²) in [6.07, 6.45) is 3.75. The van der Waals surface area contributed by atoms with Gasteiger partial charge in [-0.25, -0.2) is 9.97 Å². The van der Waals surface area contributed by atoms with Crippen LogP contribution in [0.1, 0.15) is 10.4 Å². The van der Waals surface area contributed by atoms with Crippen LogP contribution in [0.5, 0.6) is 0 Å². The Morgan fingerprint density at radius 1 is 1.27 bits per heavy atom. The highest BCUT2D eigenvalue weighted by atomic mass is 16.5.